The number of carbonyl (C=O) groups excluding carboxylic acids is 2. The van der Waals surface area contributed by atoms with E-state index < -0.39 is 5.97 Å². The first-order valence-electron chi connectivity index (χ1n) is 8.94. The summed E-state index contributed by atoms with van der Waals surface area (Å²) in [6, 6.07) is 9.08. The van der Waals surface area contributed by atoms with Crippen LogP contribution in [0.15, 0.2) is 30.3 Å². The van der Waals surface area contributed by atoms with Gasteiger partial charge in [0.1, 0.15) is 0 Å². The highest BCUT2D eigenvalue weighted by Gasteiger charge is 2.26. The van der Waals surface area contributed by atoms with Gasteiger partial charge in [0, 0.05) is 17.7 Å². The molecule has 7 heteroatoms. The number of ether oxygens (including phenoxy) is 4. The zero-order valence-corrected chi connectivity index (χ0v) is 16.3. The van der Waals surface area contributed by atoms with E-state index in [2.05, 4.69) is 5.32 Å². The van der Waals surface area contributed by atoms with Crippen LogP contribution < -0.4 is 19.5 Å². The lowest BCUT2D eigenvalue weighted by Gasteiger charge is -2.19. The monoisotopic (exact) mass is 385 g/mol. The van der Waals surface area contributed by atoms with E-state index in [9.17, 15) is 9.59 Å². The number of amides is 1. The first-order chi connectivity index (χ1) is 13.5. The zero-order valence-electron chi connectivity index (χ0n) is 16.3. The largest absolute Gasteiger partial charge is 0.493 e. The molecule has 0 spiro atoms. The molecule has 1 aliphatic rings. The highest BCUT2D eigenvalue weighted by Crippen LogP contribution is 2.46. The fraction of sp³-hybridized carbons (Fsp3) is 0.333. The van der Waals surface area contributed by atoms with Crippen LogP contribution in [0.2, 0.25) is 0 Å². The minimum Gasteiger partial charge on any atom is -0.493 e. The van der Waals surface area contributed by atoms with E-state index in [-0.39, 0.29) is 18.6 Å². The van der Waals surface area contributed by atoms with E-state index >= 15 is 0 Å². The van der Waals surface area contributed by atoms with Crippen molar-refractivity contribution < 1.29 is 28.5 Å². The van der Waals surface area contributed by atoms with Gasteiger partial charge >= 0.3 is 5.97 Å². The Hall–Kier alpha value is -3.22. The van der Waals surface area contributed by atoms with Crippen molar-refractivity contribution >= 4 is 11.9 Å². The van der Waals surface area contributed by atoms with Gasteiger partial charge in [-0.1, -0.05) is 12.1 Å². The van der Waals surface area contributed by atoms with Crippen molar-refractivity contribution in [1.29, 1.82) is 0 Å². The number of rotatable bonds is 7. The molecule has 1 heterocycles. The van der Waals surface area contributed by atoms with Crippen molar-refractivity contribution in [1.82, 2.24) is 5.32 Å². The Balaban J connectivity index is 2.07. The van der Waals surface area contributed by atoms with Gasteiger partial charge in [0.2, 0.25) is 5.75 Å². The van der Waals surface area contributed by atoms with Crippen LogP contribution in [0.1, 0.15) is 29.8 Å². The molecule has 148 valence electrons. The molecular formula is C21H23NO6. The molecule has 2 aromatic rings. The van der Waals surface area contributed by atoms with Gasteiger partial charge in [-0.15, -0.1) is 0 Å². The maximum absolute atomic E-state index is 12.0. The number of benzene rings is 2. The molecule has 0 radical (unpaired) electrons. The van der Waals surface area contributed by atoms with E-state index in [4.69, 9.17) is 18.9 Å². The normalized spacial score (nSPS) is 12.4. The van der Waals surface area contributed by atoms with Crippen LogP contribution in [0.5, 0.6) is 17.2 Å². The van der Waals surface area contributed by atoms with Gasteiger partial charge in [-0.05, 0) is 43.2 Å². The van der Waals surface area contributed by atoms with Gasteiger partial charge in [0.25, 0.3) is 5.91 Å². The Morgan fingerprint density at radius 2 is 1.79 bits per heavy atom. The van der Waals surface area contributed by atoms with Crippen LogP contribution in [0.3, 0.4) is 0 Å². The van der Waals surface area contributed by atoms with Crippen LogP contribution in [0.25, 0.3) is 11.1 Å². The zero-order chi connectivity index (χ0) is 20.3. The summed E-state index contributed by atoms with van der Waals surface area (Å²) in [4.78, 5) is 24.0. The summed E-state index contributed by atoms with van der Waals surface area (Å²) in [7, 11) is 3.03. The predicted octanol–water partition coefficient (Wildman–Crippen LogP) is 2.94. The molecule has 0 aliphatic carbocycles. The maximum atomic E-state index is 12.0. The minimum atomic E-state index is -0.485. The van der Waals surface area contributed by atoms with Gasteiger partial charge in [-0.3, -0.25) is 4.79 Å². The topological polar surface area (TPSA) is 83.1 Å². The van der Waals surface area contributed by atoms with Crippen molar-refractivity contribution in [2.45, 2.75) is 26.5 Å². The molecule has 0 fully saturated rings. The first kappa shape index (κ1) is 19.5. The van der Waals surface area contributed by atoms with Gasteiger partial charge in [0.15, 0.2) is 18.1 Å². The average molecular weight is 385 g/mol. The Morgan fingerprint density at radius 1 is 1.04 bits per heavy atom. The van der Waals surface area contributed by atoms with Crippen LogP contribution >= 0.6 is 0 Å². The molecule has 1 aliphatic heterocycles. The number of esters is 1. The Kier molecular flexibility index (Phi) is 5.73. The highest BCUT2D eigenvalue weighted by molar-refractivity contribution is 6.01. The molecule has 28 heavy (non-hydrogen) atoms. The molecule has 0 saturated carbocycles. The quantitative estimate of drug-likeness (QED) is 0.738. The molecular weight excluding hydrogens is 362 g/mol. The lowest BCUT2D eigenvalue weighted by molar-refractivity contribution is -0.149. The Bertz CT molecular complexity index is 906. The van der Waals surface area contributed by atoms with Crippen LogP contribution in [-0.4, -0.2) is 38.8 Å². The summed E-state index contributed by atoms with van der Waals surface area (Å²) < 4.78 is 21.8. The molecule has 0 atom stereocenters. The van der Waals surface area contributed by atoms with Crippen molar-refractivity contribution in [2.24, 2.45) is 0 Å². The van der Waals surface area contributed by atoms with Crippen LogP contribution in [0.4, 0.5) is 0 Å². The fourth-order valence-electron chi connectivity index (χ4n) is 3.19. The van der Waals surface area contributed by atoms with E-state index in [0.29, 0.717) is 34.9 Å². The Morgan fingerprint density at radius 3 is 2.46 bits per heavy atom. The van der Waals surface area contributed by atoms with Crippen LogP contribution in [0, 0.1) is 0 Å². The molecule has 3 rings (SSSR count). The summed E-state index contributed by atoms with van der Waals surface area (Å²) in [5.74, 6) is 0.601. The lowest BCUT2D eigenvalue weighted by atomic mass is 9.95. The number of fused-ring (bicyclic) bond motifs is 1. The van der Waals surface area contributed by atoms with Gasteiger partial charge < -0.3 is 24.3 Å². The summed E-state index contributed by atoms with van der Waals surface area (Å²) in [5.41, 5.74) is 3.01. The smallest absolute Gasteiger partial charge is 0.344 e. The molecule has 0 saturated heterocycles. The summed E-state index contributed by atoms with van der Waals surface area (Å²) in [5, 5.41) is 2.83. The van der Waals surface area contributed by atoms with Crippen molar-refractivity contribution in [2.75, 3.05) is 20.8 Å². The number of carbonyl (C=O) groups is 2. The highest BCUT2D eigenvalue weighted by atomic mass is 16.6. The van der Waals surface area contributed by atoms with Gasteiger partial charge in [-0.25, -0.2) is 4.79 Å². The van der Waals surface area contributed by atoms with Crippen LogP contribution in [-0.2, 0) is 16.1 Å². The summed E-state index contributed by atoms with van der Waals surface area (Å²) >= 11 is 0. The molecule has 0 unspecified atom stereocenters. The number of methoxy groups -OCH3 is 2. The van der Waals surface area contributed by atoms with E-state index in [1.165, 1.54) is 14.2 Å². The van der Waals surface area contributed by atoms with E-state index in [1.807, 2.05) is 18.2 Å². The van der Waals surface area contributed by atoms with Gasteiger partial charge in [-0.2, -0.15) is 0 Å². The molecule has 1 N–H and O–H groups in total. The molecule has 7 nitrogen and oxygen atoms in total. The summed E-state index contributed by atoms with van der Waals surface area (Å²) in [6.07, 6.45) is -0.239. The maximum Gasteiger partial charge on any atom is 0.344 e. The third-order valence-electron chi connectivity index (χ3n) is 4.34. The van der Waals surface area contributed by atoms with E-state index in [1.54, 1.807) is 26.0 Å². The second kappa shape index (κ2) is 8.21. The second-order valence-electron chi connectivity index (χ2n) is 6.52. The number of hydrogen-bond acceptors (Lipinski definition) is 6. The fourth-order valence-corrected chi connectivity index (χ4v) is 3.19. The van der Waals surface area contributed by atoms with Crippen molar-refractivity contribution in [3.63, 3.8) is 0 Å². The lowest BCUT2D eigenvalue weighted by Crippen LogP contribution is -2.19. The molecule has 0 bridgehead atoms. The van der Waals surface area contributed by atoms with Crippen molar-refractivity contribution in [3.05, 3.63) is 41.5 Å². The molecule has 0 aromatic heterocycles. The Labute approximate surface area is 163 Å². The summed E-state index contributed by atoms with van der Waals surface area (Å²) in [6.45, 7) is 3.69. The third kappa shape index (κ3) is 3.74. The number of nitrogens with one attached hydrogen (secondary N) is 1. The van der Waals surface area contributed by atoms with Gasteiger partial charge in [0.05, 0.1) is 20.3 Å². The molecule has 1 amide bonds. The minimum absolute atomic E-state index is 0.111. The third-order valence-corrected chi connectivity index (χ3v) is 4.34. The standard InChI is InChI=1S/C21H23NO6/c1-12(2)28-18(23)11-27-19-14(8-9-17(25-3)20(19)26-4)13-6-5-7-15-16(13)10-22-21(15)24/h5-9,12H,10-11H2,1-4H3,(H,22,24). The van der Waals surface area contributed by atoms with E-state index in [0.717, 1.165) is 11.1 Å². The van der Waals surface area contributed by atoms with Crippen molar-refractivity contribution in [3.8, 4) is 28.4 Å². The average Bonchev–Trinajstić information content (AvgIpc) is 3.06. The second-order valence-corrected chi connectivity index (χ2v) is 6.52. The predicted molar refractivity (Wildman–Crippen MR) is 103 cm³/mol. The number of hydrogen-bond donors (Lipinski definition) is 1. The SMILES string of the molecule is COc1ccc(-c2cccc3c2CNC3=O)c(OCC(=O)OC(C)C)c1OC. The molecule has 2 aromatic carbocycles. The first-order valence-corrected chi connectivity index (χ1v) is 8.94.